The number of anilines is 2. The van der Waals surface area contributed by atoms with Crippen LogP contribution in [0.2, 0.25) is 0 Å². The first-order chi connectivity index (χ1) is 8.74. The Morgan fingerprint density at radius 3 is 2.67 bits per heavy atom. The van der Waals surface area contributed by atoms with Crippen molar-refractivity contribution >= 4 is 11.5 Å². The smallest absolute Gasteiger partial charge is 0.242 e. The highest BCUT2D eigenvalue weighted by Gasteiger charge is 2.14. The Morgan fingerprint density at radius 1 is 1.28 bits per heavy atom. The third-order valence-corrected chi connectivity index (χ3v) is 2.52. The van der Waals surface area contributed by atoms with E-state index in [0.717, 1.165) is 19.5 Å². The normalized spacial score (nSPS) is 10.4. The minimum absolute atomic E-state index is 0.456. The largest absolute Gasteiger partial charge is 0.476 e. The Bertz CT molecular complexity index is 360. The summed E-state index contributed by atoms with van der Waals surface area (Å²) in [5.74, 6) is 1.16. The number of rotatable bonds is 8. The summed E-state index contributed by atoms with van der Waals surface area (Å²) in [6, 6.07) is 0. The molecule has 0 atom stereocenters. The van der Waals surface area contributed by atoms with Crippen molar-refractivity contribution in [1.82, 2.24) is 9.97 Å². The molecule has 2 N–H and O–H groups in total. The van der Waals surface area contributed by atoms with Crippen molar-refractivity contribution in [3.63, 3.8) is 0 Å². The molecule has 0 fully saturated rings. The molecule has 0 spiro atoms. The molecule has 0 aliphatic heterocycles. The van der Waals surface area contributed by atoms with Crippen LogP contribution < -0.4 is 15.4 Å². The summed E-state index contributed by atoms with van der Waals surface area (Å²) in [4.78, 5) is 10.3. The minimum Gasteiger partial charge on any atom is -0.476 e. The highest BCUT2D eigenvalue weighted by atomic mass is 16.5. The first-order valence-corrected chi connectivity index (χ1v) is 6.21. The Balaban J connectivity index is 2.86. The van der Waals surface area contributed by atoms with Gasteiger partial charge in [-0.1, -0.05) is 6.92 Å². The van der Waals surface area contributed by atoms with E-state index in [-0.39, 0.29) is 0 Å². The highest BCUT2D eigenvalue weighted by Crippen LogP contribution is 2.27. The second-order valence-electron chi connectivity index (χ2n) is 3.84. The van der Waals surface area contributed by atoms with Gasteiger partial charge in [-0.15, -0.1) is 0 Å². The highest BCUT2D eigenvalue weighted by molar-refractivity contribution is 5.67. The van der Waals surface area contributed by atoms with E-state index in [1.165, 1.54) is 6.33 Å². The van der Waals surface area contributed by atoms with Crippen LogP contribution in [-0.2, 0) is 4.74 Å². The topological polar surface area (TPSA) is 73.5 Å². The molecule has 0 aliphatic carbocycles. The number of aromatic nitrogens is 2. The number of likely N-dealkylation sites (N-methyl/N-ethyl adjacent to an activating group) is 1. The molecule has 0 saturated carbocycles. The first-order valence-electron chi connectivity index (χ1n) is 6.21. The zero-order chi connectivity index (χ0) is 13.4. The summed E-state index contributed by atoms with van der Waals surface area (Å²) in [6.45, 7) is 6.85. The fourth-order valence-electron chi connectivity index (χ4n) is 1.55. The van der Waals surface area contributed by atoms with Gasteiger partial charge in [-0.25, -0.2) is 4.98 Å². The summed E-state index contributed by atoms with van der Waals surface area (Å²) in [7, 11) is 1.67. The van der Waals surface area contributed by atoms with E-state index in [1.807, 2.05) is 18.7 Å². The molecule has 0 aliphatic rings. The van der Waals surface area contributed by atoms with E-state index in [9.17, 15) is 0 Å². The van der Waals surface area contributed by atoms with Gasteiger partial charge in [0.25, 0.3) is 0 Å². The van der Waals surface area contributed by atoms with Crippen molar-refractivity contribution in [1.29, 1.82) is 0 Å². The maximum atomic E-state index is 6.04. The molecular formula is C12H22N4O2. The Labute approximate surface area is 108 Å². The van der Waals surface area contributed by atoms with Crippen LogP contribution in [0, 0.1) is 0 Å². The fourth-order valence-corrected chi connectivity index (χ4v) is 1.55. The molecule has 1 rings (SSSR count). The van der Waals surface area contributed by atoms with Crippen molar-refractivity contribution in [3.8, 4) is 5.88 Å². The van der Waals surface area contributed by atoms with Gasteiger partial charge in [-0.2, -0.15) is 4.98 Å². The maximum Gasteiger partial charge on any atom is 0.242 e. The van der Waals surface area contributed by atoms with Gasteiger partial charge >= 0.3 is 0 Å². The monoisotopic (exact) mass is 254 g/mol. The van der Waals surface area contributed by atoms with E-state index in [2.05, 4.69) is 9.97 Å². The zero-order valence-corrected chi connectivity index (χ0v) is 11.3. The lowest BCUT2D eigenvalue weighted by atomic mass is 10.4. The van der Waals surface area contributed by atoms with Crippen LogP contribution in [-0.4, -0.2) is 43.4 Å². The van der Waals surface area contributed by atoms with Gasteiger partial charge in [-0.05, 0) is 13.3 Å². The molecule has 6 nitrogen and oxygen atoms in total. The van der Waals surface area contributed by atoms with Gasteiger partial charge in [0.1, 0.15) is 12.0 Å². The van der Waals surface area contributed by atoms with E-state index >= 15 is 0 Å². The average Bonchev–Trinajstić information content (AvgIpc) is 2.40. The number of nitrogens with two attached hydrogens (primary N) is 1. The average molecular weight is 254 g/mol. The van der Waals surface area contributed by atoms with Crippen LogP contribution in [0.4, 0.5) is 11.5 Å². The van der Waals surface area contributed by atoms with Crippen LogP contribution in [0.1, 0.15) is 20.3 Å². The SMILES string of the molecule is CCCOc1ncnc(N(CC)CCOC)c1N. The molecule has 0 aromatic carbocycles. The standard InChI is InChI=1S/C12H22N4O2/c1-4-7-18-12-10(13)11(14-9-15-12)16(5-2)6-8-17-3/h9H,4-8,13H2,1-3H3. The summed E-state index contributed by atoms with van der Waals surface area (Å²) in [6.07, 6.45) is 2.39. The number of methoxy groups -OCH3 is 1. The summed E-state index contributed by atoms with van der Waals surface area (Å²) >= 11 is 0. The van der Waals surface area contributed by atoms with Crippen molar-refractivity contribution in [2.75, 3.05) is 44.0 Å². The Morgan fingerprint density at radius 2 is 2.06 bits per heavy atom. The number of ether oxygens (including phenoxy) is 2. The van der Waals surface area contributed by atoms with Gasteiger partial charge < -0.3 is 20.1 Å². The molecule has 0 unspecified atom stereocenters. The molecule has 18 heavy (non-hydrogen) atoms. The van der Waals surface area contributed by atoms with Crippen LogP contribution >= 0.6 is 0 Å². The Hall–Kier alpha value is -1.56. The second kappa shape index (κ2) is 7.71. The predicted molar refractivity (Wildman–Crippen MR) is 72.0 cm³/mol. The Kier molecular flexibility index (Phi) is 6.21. The molecule has 102 valence electrons. The van der Waals surface area contributed by atoms with Crippen LogP contribution in [0.15, 0.2) is 6.33 Å². The van der Waals surface area contributed by atoms with Crippen molar-refractivity contribution in [2.45, 2.75) is 20.3 Å². The van der Waals surface area contributed by atoms with Gasteiger partial charge in [0, 0.05) is 20.2 Å². The van der Waals surface area contributed by atoms with Crippen molar-refractivity contribution in [3.05, 3.63) is 6.33 Å². The van der Waals surface area contributed by atoms with Crippen molar-refractivity contribution < 1.29 is 9.47 Å². The quantitative estimate of drug-likeness (QED) is 0.754. The molecule has 1 aromatic rings. The summed E-state index contributed by atoms with van der Waals surface area (Å²) < 4.78 is 10.6. The second-order valence-corrected chi connectivity index (χ2v) is 3.84. The minimum atomic E-state index is 0.456. The van der Waals surface area contributed by atoms with Gasteiger partial charge in [0.15, 0.2) is 5.82 Å². The number of nitrogens with zero attached hydrogens (tertiary/aromatic N) is 3. The molecular weight excluding hydrogens is 232 g/mol. The molecule has 1 aromatic heterocycles. The van der Waals surface area contributed by atoms with E-state index < -0.39 is 0 Å². The third kappa shape index (κ3) is 3.73. The summed E-state index contributed by atoms with van der Waals surface area (Å²) in [5.41, 5.74) is 6.53. The number of hydrogen-bond acceptors (Lipinski definition) is 6. The van der Waals surface area contributed by atoms with Gasteiger partial charge in [0.05, 0.1) is 13.2 Å². The lowest BCUT2D eigenvalue weighted by molar-refractivity contribution is 0.205. The molecule has 0 amide bonds. The molecule has 0 bridgehead atoms. The van der Waals surface area contributed by atoms with E-state index in [4.69, 9.17) is 15.2 Å². The van der Waals surface area contributed by atoms with Gasteiger partial charge in [0.2, 0.25) is 5.88 Å². The fraction of sp³-hybridized carbons (Fsp3) is 0.667. The molecule has 6 heteroatoms. The van der Waals surface area contributed by atoms with Crippen LogP contribution in [0.3, 0.4) is 0 Å². The molecule has 1 heterocycles. The van der Waals surface area contributed by atoms with Gasteiger partial charge in [-0.3, -0.25) is 0 Å². The van der Waals surface area contributed by atoms with Crippen LogP contribution in [0.5, 0.6) is 5.88 Å². The van der Waals surface area contributed by atoms with E-state index in [1.54, 1.807) is 7.11 Å². The summed E-state index contributed by atoms with van der Waals surface area (Å²) in [5, 5.41) is 0. The lowest BCUT2D eigenvalue weighted by Crippen LogP contribution is -2.28. The number of nitrogen functional groups attached to an aromatic ring is 1. The van der Waals surface area contributed by atoms with E-state index in [0.29, 0.717) is 30.6 Å². The predicted octanol–water partition coefficient (Wildman–Crippen LogP) is 1.32. The maximum absolute atomic E-state index is 6.04. The molecule has 0 radical (unpaired) electrons. The van der Waals surface area contributed by atoms with Crippen molar-refractivity contribution in [2.24, 2.45) is 0 Å². The number of hydrogen-bond donors (Lipinski definition) is 1. The molecule has 0 saturated heterocycles. The third-order valence-electron chi connectivity index (χ3n) is 2.52. The first kappa shape index (κ1) is 14.5. The van der Waals surface area contributed by atoms with Crippen LogP contribution in [0.25, 0.3) is 0 Å². The zero-order valence-electron chi connectivity index (χ0n) is 11.3. The lowest BCUT2D eigenvalue weighted by Gasteiger charge is -2.23.